The number of para-hydroxylation sites is 1. The molecule has 4 aromatic rings. The summed E-state index contributed by atoms with van der Waals surface area (Å²) in [4.78, 5) is 18.7. The quantitative estimate of drug-likeness (QED) is 0.562. The number of nitrogens with one attached hydrogen (secondary N) is 2. The van der Waals surface area contributed by atoms with E-state index in [1.54, 1.807) is 17.5 Å². The van der Waals surface area contributed by atoms with Crippen molar-refractivity contribution in [2.24, 2.45) is 0 Å². The van der Waals surface area contributed by atoms with Crippen molar-refractivity contribution in [3.8, 4) is 0 Å². The van der Waals surface area contributed by atoms with Crippen molar-refractivity contribution in [2.45, 2.75) is 6.92 Å². The number of nitrogens with zero attached hydrogens (tertiary/aromatic N) is 2. The van der Waals surface area contributed by atoms with E-state index in [4.69, 9.17) is 0 Å². The van der Waals surface area contributed by atoms with Gasteiger partial charge in [0.1, 0.15) is 5.69 Å². The summed E-state index contributed by atoms with van der Waals surface area (Å²) in [6.07, 6.45) is 3.72. The summed E-state index contributed by atoms with van der Waals surface area (Å²) >= 11 is 1.56. The molecule has 0 aliphatic carbocycles. The number of fused-ring (bicyclic) bond motifs is 1. The zero-order valence-electron chi connectivity index (χ0n) is 13.6. The van der Waals surface area contributed by atoms with Crippen LogP contribution in [-0.4, -0.2) is 15.3 Å². The number of aromatic nitrogens is 2. The van der Waals surface area contributed by atoms with Crippen LogP contribution >= 0.6 is 11.3 Å². The summed E-state index contributed by atoms with van der Waals surface area (Å²) in [5.41, 5.74) is 3.13. The largest absolute Gasteiger partial charge is 0.356 e. The number of anilines is 3. The molecule has 2 heterocycles. The van der Waals surface area contributed by atoms with Crippen molar-refractivity contribution < 1.29 is 4.79 Å². The van der Waals surface area contributed by atoms with Crippen molar-refractivity contribution in [1.29, 1.82) is 0 Å². The lowest BCUT2D eigenvalue weighted by molar-refractivity contribution is 0.102. The van der Waals surface area contributed by atoms with Crippen molar-refractivity contribution in [3.05, 3.63) is 77.6 Å². The number of hydrogen-bond donors (Lipinski definition) is 2. The highest BCUT2D eigenvalue weighted by Crippen LogP contribution is 2.20. The fourth-order valence-electron chi connectivity index (χ4n) is 2.54. The molecule has 0 saturated carbocycles. The molecule has 2 aromatic heterocycles. The van der Waals surface area contributed by atoms with Gasteiger partial charge in [0.15, 0.2) is 4.96 Å². The number of aryl methyl sites for hydroxylation is 1. The first-order valence-corrected chi connectivity index (χ1v) is 8.68. The summed E-state index contributed by atoms with van der Waals surface area (Å²) < 4.78 is 1.88. The molecule has 0 bridgehead atoms. The smallest absolute Gasteiger partial charge is 0.275 e. The van der Waals surface area contributed by atoms with Gasteiger partial charge in [0.2, 0.25) is 0 Å². The number of imidazole rings is 1. The first-order chi connectivity index (χ1) is 12.2. The molecule has 4 rings (SSSR count). The Labute approximate surface area is 149 Å². The number of thiazole rings is 1. The molecule has 5 nitrogen and oxygen atoms in total. The molecular weight excluding hydrogens is 332 g/mol. The molecule has 0 aliphatic heterocycles. The zero-order valence-corrected chi connectivity index (χ0v) is 14.4. The van der Waals surface area contributed by atoms with Crippen LogP contribution in [0.25, 0.3) is 4.96 Å². The van der Waals surface area contributed by atoms with E-state index in [0.717, 1.165) is 26.9 Å². The van der Waals surface area contributed by atoms with Crippen LogP contribution in [0.3, 0.4) is 0 Å². The molecular formula is C19H16N4OS. The number of benzene rings is 2. The van der Waals surface area contributed by atoms with Crippen molar-refractivity contribution in [3.63, 3.8) is 0 Å². The van der Waals surface area contributed by atoms with Gasteiger partial charge in [-0.3, -0.25) is 9.20 Å². The second kappa shape index (κ2) is 6.41. The van der Waals surface area contributed by atoms with E-state index in [1.807, 2.05) is 72.1 Å². The number of amides is 1. The summed E-state index contributed by atoms with van der Waals surface area (Å²) in [7, 11) is 0. The molecule has 2 aromatic carbocycles. The Morgan fingerprint density at radius 3 is 2.36 bits per heavy atom. The maximum atomic E-state index is 12.3. The highest BCUT2D eigenvalue weighted by atomic mass is 32.1. The Morgan fingerprint density at radius 2 is 1.64 bits per heavy atom. The Kier molecular flexibility index (Phi) is 3.95. The average Bonchev–Trinajstić information content (AvgIpc) is 3.15. The van der Waals surface area contributed by atoms with Crippen molar-refractivity contribution >= 4 is 39.3 Å². The van der Waals surface area contributed by atoms with Gasteiger partial charge >= 0.3 is 0 Å². The van der Waals surface area contributed by atoms with Gasteiger partial charge in [-0.15, -0.1) is 11.3 Å². The lowest BCUT2D eigenvalue weighted by Gasteiger charge is -2.08. The van der Waals surface area contributed by atoms with E-state index in [1.165, 1.54) is 0 Å². The normalized spacial score (nSPS) is 10.8. The Balaban J connectivity index is 1.45. The van der Waals surface area contributed by atoms with Crippen molar-refractivity contribution in [1.82, 2.24) is 9.38 Å². The lowest BCUT2D eigenvalue weighted by Crippen LogP contribution is -2.12. The van der Waals surface area contributed by atoms with Gasteiger partial charge in [0.25, 0.3) is 5.91 Å². The van der Waals surface area contributed by atoms with Crippen LogP contribution in [-0.2, 0) is 0 Å². The zero-order chi connectivity index (χ0) is 17.2. The molecule has 1 amide bonds. The fourth-order valence-corrected chi connectivity index (χ4v) is 3.35. The van der Waals surface area contributed by atoms with E-state index < -0.39 is 0 Å². The molecule has 2 N–H and O–H groups in total. The molecule has 0 aliphatic rings. The van der Waals surface area contributed by atoms with Crippen LogP contribution in [0.5, 0.6) is 0 Å². The van der Waals surface area contributed by atoms with Crippen LogP contribution in [0, 0.1) is 6.92 Å². The van der Waals surface area contributed by atoms with Gasteiger partial charge in [-0.25, -0.2) is 4.98 Å². The summed E-state index contributed by atoms with van der Waals surface area (Å²) in [6, 6.07) is 17.5. The van der Waals surface area contributed by atoms with E-state index in [-0.39, 0.29) is 5.91 Å². The average molecular weight is 348 g/mol. The molecule has 6 heteroatoms. The highest BCUT2D eigenvalue weighted by Gasteiger charge is 2.12. The minimum Gasteiger partial charge on any atom is -0.356 e. The summed E-state index contributed by atoms with van der Waals surface area (Å²) in [6.45, 7) is 2.02. The van der Waals surface area contributed by atoms with Gasteiger partial charge in [-0.1, -0.05) is 18.2 Å². The van der Waals surface area contributed by atoms with Crippen LogP contribution in [0.4, 0.5) is 17.1 Å². The standard InChI is InChI=1S/C19H16N4OS/c1-13-11-23-12-17(22-19(23)25-13)18(24)21-16-9-7-15(8-10-16)20-14-5-3-2-4-6-14/h2-12,20H,1H3,(H,21,24). The Morgan fingerprint density at radius 1 is 0.960 bits per heavy atom. The predicted octanol–water partition coefficient (Wildman–Crippen LogP) is 4.70. The van der Waals surface area contributed by atoms with E-state index >= 15 is 0 Å². The third-order valence-electron chi connectivity index (χ3n) is 3.71. The first-order valence-electron chi connectivity index (χ1n) is 7.86. The van der Waals surface area contributed by atoms with Gasteiger partial charge in [-0.2, -0.15) is 0 Å². The van der Waals surface area contributed by atoms with Crippen LogP contribution in [0.1, 0.15) is 15.4 Å². The van der Waals surface area contributed by atoms with E-state index in [0.29, 0.717) is 5.69 Å². The molecule has 0 saturated heterocycles. The highest BCUT2D eigenvalue weighted by molar-refractivity contribution is 7.17. The molecule has 0 unspecified atom stereocenters. The van der Waals surface area contributed by atoms with Gasteiger partial charge < -0.3 is 10.6 Å². The van der Waals surface area contributed by atoms with Crippen LogP contribution < -0.4 is 10.6 Å². The third kappa shape index (κ3) is 3.39. The number of rotatable bonds is 4. The molecule has 25 heavy (non-hydrogen) atoms. The SMILES string of the molecule is Cc1cn2cc(C(=O)Nc3ccc(Nc4ccccc4)cc3)nc2s1. The number of carbonyl (C=O) groups excluding carboxylic acids is 1. The van der Waals surface area contributed by atoms with Gasteiger partial charge in [0, 0.05) is 34.3 Å². The van der Waals surface area contributed by atoms with Gasteiger partial charge in [0.05, 0.1) is 0 Å². The molecule has 0 radical (unpaired) electrons. The van der Waals surface area contributed by atoms with Crippen LogP contribution in [0.15, 0.2) is 67.0 Å². The maximum Gasteiger partial charge on any atom is 0.275 e. The molecule has 0 atom stereocenters. The van der Waals surface area contributed by atoms with Crippen LogP contribution in [0.2, 0.25) is 0 Å². The monoisotopic (exact) mass is 348 g/mol. The second-order valence-electron chi connectivity index (χ2n) is 5.68. The van der Waals surface area contributed by atoms with Gasteiger partial charge in [-0.05, 0) is 43.3 Å². The fraction of sp³-hybridized carbons (Fsp3) is 0.0526. The molecule has 0 fully saturated rings. The number of hydrogen-bond acceptors (Lipinski definition) is 4. The molecule has 0 spiro atoms. The Hall–Kier alpha value is -3.12. The van der Waals surface area contributed by atoms with E-state index in [2.05, 4.69) is 15.6 Å². The van der Waals surface area contributed by atoms with Crippen molar-refractivity contribution in [2.75, 3.05) is 10.6 Å². The first kappa shape index (κ1) is 15.4. The lowest BCUT2D eigenvalue weighted by atomic mass is 10.2. The minimum atomic E-state index is -0.211. The summed E-state index contributed by atoms with van der Waals surface area (Å²) in [5, 5.41) is 6.19. The van der Waals surface area contributed by atoms with E-state index in [9.17, 15) is 4.79 Å². The Bertz CT molecular complexity index is 987. The number of carbonyl (C=O) groups is 1. The third-order valence-corrected chi connectivity index (χ3v) is 4.62. The summed E-state index contributed by atoms with van der Waals surface area (Å²) in [5.74, 6) is -0.211. The second-order valence-corrected chi connectivity index (χ2v) is 6.89. The maximum absolute atomic E-state index is 12.3. The predicted molar refractivity (Wildman–Crippen MR) is 102 cm³/mol. The minimum absolute atomic E-state index is 0.211. The topological polar surface area (TPSA) is 58.4 Å². The molecule has 124 valence electrons.